The molecule has 21 heavy (non-hydrogen) atoms. The van der Waals surface area contributed by atoms with Gasteiger partial charge in [-0.05, 0) is 30.9 Å². The number of methoxy groups -OCH3 is 1. The smallest absolute Gasteiger partial charge is 0.223 e. The highest BCUT2D eigenvalue weighted by atomic mass is 32.2. The summed E-state index contributed by atoms with van der Waals surface area (Å²) in [5, 5.41) is 0. The average molecular weight is 308 g/mol. The van der Waals surface area contributed by atoms with Gasteiger partial charge in [-0.25, -0.2) is 0 Å². The molecule has 0 unspecified atom stereocenters. The van der Waals surface area contributed by atoms with Gasteiger partial charge in [-0.15, -0.1) is 11.8 Å². The molecule has 4 nitrogen and oxygen atoms in total. The summed E-state index contributed by atoms with van der Waals surface area (Å²) < 4.78 is 5.14. The fraction of sp³-hybridized carbons (Fsp3) is 0.562. The van der Waals surface area contributed by atoms with Gasteiger partial charge in [-0.3, -0.25) is 4.79 Å². The van der Waals surface area contributed by atoms with Crippen LogP contribution >= 0.6 is 11.8 Å². The van der Waals surface area contributed by atoms with E-state index in [9.17, 15) is 4.79 Å². The Labute approximate surface area is 131 Å². The van der Waals surface area contributed by atoms with Crippen molar-refractivity contribution in [2.24, 2.45) is 0 Å². The zero-order valence-corrected chi connectivity index (χ0v) is 13.5. The summed E-state index contributed by atoms with van der Waals surface area (Å²) in [6, 6.07) is 5.84. The lowest BCUT2D eigenvalue weighted by atomic mass is 10.0. The van der Waals surface area contributed by atoms with Gasteiger partial charge in [0.2, 0.25) is 5.91 Å². The standard InChI is InChI=1S/C16H24N2O2S/c1-20-14-8-7-13(15(17)11-14)5-3-2-4-6-16(19)18-9-10-21-12-18/h7-8,11H,2-6,9-10,12,17H2,1H3. The van der Waals surface area contributed by atoms with E-state index in [2.05, 4.69) is 0 Å². The lowest BCUT2D eigenvalue weighted by Crippen LogP contribution is -2.27. The number of hydrogen-bond acceptors (Lipinski definition) is 4. The first kappa shape index (κ1) is 16.0. The molecule has 116 valence electrons. The fourth-order valence-corrected chi connectivity index (χ4v) is 3.44. The SMILES string of the molecule is COc1ccc(CCCCCC(=O)N2CCSC2)c(N)c1. The van der Waals surface area contributed by atoms with Crippen LogP contribution < -0.4 is 10.5 Å². The first-order valence-corrected chi connectivity index (χ1v) is 8.64. The Hall–Kier alpha value is -1.36. The van der Waals surface area contributed by atoms with Crippen LogP contribution in [0.3, 0.4) is 0 Å². The maximum atomic E-state index is 11.9. The molecule has 1 fully saturated rings. The summed E-state index contributed by atoms with van der Waals surface area (Å²) in [6.45, 7) is 0.923. The van der Waals surface area contributed by atoms with Gasteiger partial charge in [0.15, 0.2) is 0 Å². The van der Waals surface area contributed by atoms with Crippen molar-refractivity contribution in [2.45, 2.75) is 32.1 Å². The molecular formula is C16H24N2O2S. The molecule has 0 bridgehead atoms. The summed E-state index contributed by atoms with van der Waals surface area (Å²) in [6.07, 6.45) is 4.75. The Morgan fingerprint density at radius 2 is 2.24 bits per heavy atom. The van der Waals surface area contributed by atoms with Crippen molar-refractivity contribution in [3.8, 4) is 5.75 Å². The van der Waals surface area contributed by atoms with Crippen molar-refractivity contribution < 1.29 is 9.53 Å². The Kier molecular flexibility index (Phi) is 6.23. The van der Waals surface area contributed by atoms with Crippen molar-refractivity contribution in [3.63, 3.8) is 0 Å². The van der Waals surface area contributed by atoms with Crippen molar-refractivity contribution in [3.05, 3.63) is 23.8 Å². The maximum absolute atomic E-state index is 11.9. The molecule has 1 saturated heterocycles. The second-order valence-electron chi connectivity index (χ2n) is 5.32. The van der Waals surface area contributed by atoms with Crippen LogP contribution in [-0.2, 0) is 11.2 Å². The van der Waals surface area contributed by atoms with Crippen LogP contribution in [0.2, 0.25) is 0 Å². The fourth-order valence-electron chi connectivity index (χ4n) is 2.46. The number of carbonyl (C=O) groups excluding carboxylic acids is 1. The lowest BCUT2D eigenvalue weighted by molar-refractivity contribution is -0.129. The monoisotopic (exact) mass is 308 g/mol. The number of amides is 1. The molecule has 1 aliphatic heterocycles. The molecule has 1 aromatic carbocycles. The van der Waals surface area contributed by atoms with Crippen molar-refractivity contribution in [2.75, 3.05) is 31.0 Å². The number of benzene rings is 1. The number of hydrogen-bond donors (Lipinski definition) is 1. The second kappa shape index (κ2) is 8.17. The number of nitrogens with two attached hydrogens (primary N) is 1. The van der Waals surface area contributed by atoms with Gasteiger partial charge in [-0.1, -0.05) is 12.5 Å². The average Bonchev–Trinajstić information content (AvgIpc) is 3.02. The van der Waals surface area contributed by atoms with Crippen LogP contribution in [0.25, 0.3) is 0 Å². The second-order valence-corrected chi connectivity index (χ2v) is 6.39. The molecule has 2 rings (SSSR count). The molecule has 5 heteroatoms. The molecule has 0 spiro atoms. The highest BCUT2D eigenvalue weighted by Gasteiger charge is 2.17. The maximum Gasteiger partial charge on any atom is 0.223 e. The van der Waals surface area contributed by atoms with E-state index < -0.39 is 0 Å². The van der Waals surface area contributed by atoms with E-state index in [0.29, 0.717) is 12.3 Å². The Balaban J connectivity index is 1.64. The van der Waals surface area contributed by atoms with Gasteiger partial charge in [0.25, 0.3) is 0 Å². The first-order valence-electron chi connectivity index (χ1n) is 7.48. The van der Waals surface area contributed by atoms with Crippen LogP contribution in [0.1, 0.15) is 31.2 Å². The highest BCUT2D eigenvalue weighted by Crippen LogP contribution is 2.22. The predicted molar refractivity (Wildman–Crippen MR) is 88.6 cm³/mol. The number of carbonyl (C=O) groups is 1. The summed E-state index contributed by atoms with van der Waals surface area (Å²) in [5.41, 5.74) is 7.96. The van der Waals surface area contributed by atoms with Gasteiger partial charge >= 0.3 is 0 Å². The number of rotatable bonds is 7. The molecule has 1 amide bonds. The summed E-state index contributed by atoms with van der Waals surface area (Å²) in [4.78, 5) is 13.8. The number of nitrogen functional groups attached to an aromatic ring is 1. The van der Waals surface area contributed by atoms with Gasteiger partial charge < -0.3 is 15.4 Å². The molecule has 0 radical (unpaired) electrons. The number of aryl methyl sites for hydroxylation is 1. The van der Waals surface area contributed by atoms with E-state index in [0.717, 1.165) is 60.9 Å². The Morgan fingerprint density at radius 1 is 1.38 bits per heavy atom. The van der Waals surface area contributed by atoms with Crippen LogP contribution in [0.5, 0.6) is 5.75 Å². The van der Waals surface area contributed by atoms with Crippen LogP contribution in [-0.4, -0.2) is 36.1 Å². The molecule has 0 aliphatic carbocycles. The summed E-state index contributed by atoms with van der Waals surface area (Å²) in [7, 11) is 1.64. The van der Waals surface area contributed by atoms with Crippen molar-refractivity contribution in [1.82, 2.24) is 4.90 Å². The number of ether oxygens (including phenoxy) is 1. The highest BCUT2D eigenvalue weighted by molar-refractivity contribution is 7.99. The number of nitrogens with zero attached hydrogens (tertiary/aromatic N) is 1. The molecule has 2 N–H and O–H groups in total. The number of unbranched alkanes of at least 4 members (excludes halogenated alkanes) is 2. The van der Waals surface area contributed by atoms with Crippen LogP contribution in [0, 0.1) is 0 Å². The molecule has 0 atom stereocenters. The molecule has 1 heterocycles. The van der Waals surface area contributed by atoms with E-state index in [4.69, 9.17) is 10.5 Å². The summed E-state index contributed by atoms with van der Waals surface area (Å²) >= 11 is 1.84. The minimum absolute atomic E-state index is 0.309. The quantitative estimate of drug-likeness (QED) is 0.621. The largest absolute Gasteiger partial charge is 0.497 e. The van der Waals surface area contributed by atoms with Gasteiger partial charge in [-0.2, -0.15) is 0 Å². The van der Waals surface area contributed by atoms with E-state index in [-0.39, 0.29) is 0 Å². The van der Waals surface area contributed by atoms with E-state index in [1.807, 2.05) is 34.9 Å². The van der Waals surface area contributed by atoms with Gasteiger partial charge in [0, 0.05) is 30.5 Å². The van der Waals surface area contributed by atoms with Crippen molar-refractivity contribution in [1.29, 1.82) is 0 Å². The molecule has 0 saturated carbocycles. The predicted octanol–water partition coefficient (Wildman–Crippen LogP) is 2.91. The molecule has 1 aromatic rings. The molecular weight excluding hydrogens is 284 g/mol. The third-order valence-electron chi connectivity index (χ3n) is 3.80. The lowest BCUT2D eigenvalue weighted by Gasteiger charge is -2.14. The number of anilines is 1. The minimum Gasteiger partial charge on any atom is -0.497 e. The molecule has 0 aromatic heterocycles. The first-order chi connectivity index (χ1) is 10.2. The van der Waals surface area contributed by atoms with Crippen molar-refractivity contribution >= 4 is 23.4 Å². The minimum atomic E-state index is 0.309. The Bertz CT molecular complexity index is 473. The Morgan fingerprint density at radius 3 is 2.90 bits per heavy atom. The zero-order chi connectivity index (χ0) is 15.1. The van der Waals surface area contributed by atoms with Gasteiger partial charge in [0.1, 0.15) is 5.75 Å². The third kappa shape index (κ3) is 4.84. The van der Waals surface area contributed by atoms with Crippen LogP contribution in [0.4, 0.5) is 5.69 Å². The van der Waals surface area contributed by atoms with E-state index >= 15 is 0 Å². The van der Waals surface area contributed by atoms with Gasteiger partial charge in [0.05, 0.1) is 13.0 Å². The van der Waals surface area contributed by atoms with E-state index in [1.54, 1.807) is 7.11 Å². The molecule has 1 aliphatic rings. The van der Waals surface area contributed by atoms with E-state index in [1.165, 1.54) is 0 Å². The third-order valence-corrected chi connectivity index (χ3v) is 4.76. The zero-order valence-electron chi connectivity index (χ0n) is 12.6. The summed E-state index contributed by atoms with van der Waals surface area (Å²) in [5.74, 6) is 3.07. The van der Waals surface area contributed by atoms with Crippen LogP contribution in [0.15, 0.2) is 18.2 Å². The normalized spacial score (nSPS) is 14.4. The number of thioether (sulfide) groups is 1. The topological polar surface area (TPSA) is 55.6 Å².